The summed E-state index contributed by atoms with van der Waals surface area (Å²) in [6.45, 7) is 7.76. The lowest BCUT2D eigenvalue weighted by Gasteiger charge is -2.36. The summed E-state index contributed by atoms with van der Waals surface area (Å²) in [7, 11) is 0. The molecule has 0 bridgehead atoms. The average molecular weight is 335 g/mol. The van der Waals surface area contributed by atoms with E-state index >= 15 is 0 Å². The second kappa shape index (κ2) is 6.63. The van der Waals surface area contributed by atoms with E-state index in [-0.39, 0.29) is 12.1 Å². The molecule has 3 atom stereocenters. The first kappa shape index (κ1) is 16.5. The largest absolute Gasteiger partial charge is 0.439 e. The Kier molecular flexibility index (Phi) is 4.76. The predicted octanol–water partition coefficient (Wildman–Crippen LogP) is 4.07. The van der Waals surface area contributed by atoms with Gasteiger partial charge in [0, 0.05) is 17.1 Å². The van der Waals surface area contributed by atoms with Crippen LogP contribution in [0.1, 0.15) is 37.9 Å². The van der Waals surface area contributed by atoms with Crippen molar-refractivity contribution in [2.45, 2.75) is 39.3 Å². The molecule has 1 aromatic heterocycles. The van der Waals surface area contributed by atoms with Gasteiger partial charge in [0.25, 0.3) is 0 Å². The maximum atomic E-state index is 10.1. The van der Waals surface area contributed by atoms with Crippen molar-refractivity contribution in [2.24, 2.45) is 5.92 Å². The van der Waals surface area contributed by atoms with Gasteiger partial charge in [0.1, 0.15) is 0 Å². The first-order chi connectivity index (χ1) is 11.0. The summed E-state index contributed by atoms with van der Waals surface area (Å²) in [5, 5.41) is 10.8. The number of halogens is 1. The molecule has 3 rings (SSSR count). The van der Waals surface area contributed by atoms with Crippen LogP contribution < -0.4 is 0 Å². The van der Waals surface area contributed by atoms with E-state index in [1.54, 1.807) is 0 Å². The summed E-state index contributed by atoms with van der Waals surface area (Å²) in [4.78, 5) is 6.84. The fourth-order valence-electron chi connectivity index (χ4n) is 3.05. The molecular formula is C18H23ClN2O2. The molecule has 0 amide bonds. The first-order valence-electron chi connectivity index (χ1n) is 8.11. The van der Waals surface area contributed by atoms with E-state index in [1.807, 2.05) is 31.2 Å². The molecule has 1 aliphatic rings. The van der Waals surface area contributed by atoms with Crippen molar-refractivity contribution in [3.8, 4) is 11.3 Å². The molecule has 1 fully saturated rings. The van der Waals surface area contributed by atoms with Crippen LogP contribution in [0.2, 0.25) is 5.02 Å². The molecule has 1 aromatic carbocycles. The Hall–Kier alpha value is -1.36. The van der Waals surface area contributed by atoms with Crippen LogP contribution in [0.5, 0.6) is 0 Å². The molecule has 0 radical (unpaired) electrons. The maximum Gasteiger partial charge on any atom is 0.212 e. The fourth-order valence-corrected chi connectivity index (χ4v) is 3.17. The van der Waals surface area contributed by atoms with Gasteiger partial charge < -0.3 is 9.52 Å². The second-order valence-corrected chi connectivity index (χ2v) is 6.91. The van der Waals surface area contributed by atoms with E-state index in [4.69, 9.17) is 16.0 Å². The van der Waals surface area contributed by atoms with E-state index in [1.165, 1.54) is 0 Å². The highest BCUT2D eigenvalue weighted by Gasteiger charge is 2.30. The quantitative estimate of drug-likeness (QED) is 0.919. The summed E-state index contributed by atoms with van der Waals surface area (Å²) in [6, 6.07) is 7.64. The van der Waals surface area contributed by atoms with E-state index < -0.39 is 0 Å². The standard InChI is InChI=1S/C18H23ClN2O2/c1-11-8-9-21(10-16(11)22)13(3)18-20-12(2)17(23-18)14-4-6-15(19)7-5-14/h4-7,11,13,16,22H,8-10H2,1-3H3. The van der Waals surface area contributed by atoms with Crippen molar-refractivity contribution in [1.82, 2.24) is 9.88 Å². The van der Waals surface area contributed by atoms with Gasteiger partial charge in [-0.05, 0) is 57.0 Å². The summed E-state index contributed by atoms with van der Waals surface area (Å²) >= 11 is 5.94. The molecule has 124 valence electrons. The average Bonchev–Trinajstić information content (AvgIpc) is 2.92. The lowest BCUT2D eigenvalue weighted by atomic mass is 9.95. The van der Waals surface area contributed by atoms with Gasteiger partial charge >= 0.3 is 0 Å². The third-order valence-electron chi connectivity index (χ3n) is 4.77. The van der Waals surface area contributed by atoms with Crippen LogP contribution in [0.15, 0.2) is 28.7 Å². The van der Waals surface area contributed by atoms with Gasteiger partial charge in [0.15, 0.2) is 5.76 Å². The smallest absolute Gasteiger partial charge is 0.212 e. The minimum Gasteiger partial charge on any atom is -0.439 e. The maximum absolute atomic E-state index is 10.1. The molecule has 4 nitrogen and oxygen atoms in total. The number of aromatic nitrogens is 1. The Morgan fingerprint density at radius 2 is 2.04 bits per heavy atom. The fraction of sp³-hybridized carbons (Fsp3) is 0.500. The number of benzene rings is 1. The number of nitrogens with zero attached hydrogens (tertiary/aromatic N) is 2. The first-order valence-corrected chi connectivity index (χ1v) is 8.49. The zero-order valence-electron chi connectivity index (χ0n) is 13.8. The number of β-amino-alcohol motifs (C(OH)–C–C–N with tert-alkyl or cyclic N) is 1. The van der Waals surface area contributed by atoms with Crippen LogP contribution in [0.3, 0.4) is 0 Å². The molecule has 1 N–H and O–H groups in total. The molecule has 5 heteroatoms. The Bertz CT molecular complexity index is 668. The van der Waals surface area contributed by atoms with Crippen LogP contribution in [0.25, 0.3) is 11.3 Å². The molecule has 2 aromatic rings. The van der Waals surface area contributed by atoms with Crippen molar-refractivity contribution in [1.29, 1.82) is 0 Å². The highest BCUT2D eigenvalue weighted by atomic mass is 35.5. The zero-order valence-corrected chi connectivity index (χ0v) is 14.5. The molecule has 0 aliphatic carbocycles. The minimum atomic E-state index is -0.280. The summed E-state index contributed by atoms with van der Waals surface area (Å²) in [5.41, 5.74) is 1.85. The topological polar surface area (TPSA) is 49.5 Å². The number of hydrogen-bond donors (Lipinski definition) is 1. The van der Waals surface area contributed by atoms with Gasteiger partial charge in [-0.15, -0.1) is 0 Å². The van der Waals surface area contributed by atoms with E-state index in [2.05, 4.69) is 23.7 Å². The van der Waals surface area contributed by atoms with Crippen molar-refractivity contribution < 1.29 is 9.52 Å². The highest BCUT2D eigenvalue weighted by Crippen LogP contribution is 2.31. The van der Waals surface area contributed by atoms with E-state index in [0.29, 0.717) is 23.4 Å². The lowest BCUT2D eigenvalue weighted by molar-refractivity contribution is 0.00821. The Labute approximate surface area is 142 Å². The van der Waals surface area contributed by atoms with Crippen LogP contribution in [0, 0.1) is 12.8 Å². The minimum absolute atomic E-state index is 0.0527. The number of oxazole rings is 1. The zero-order chi connectivity index (χ0) is 16.6. The van der Waals surface area contributed by atoms with Gasteiger partial charge in [-0.25, -0.2) is 4.98 Å². The molecular weight excluding hydrogens is 312 g/mol. The number of aryl methyl sites for hydroxylation is 1. The highest BCUT2D eigenvalue weighted by molar-refractivity contribution is 6.30. The summed E-state index contributed by atoms with van der Waals surface area (Å²) < 4.78 is 6.04. The molecule has 0 spiro atoms. The summed E-state index contributed by atoms with van der Waals surface area (Å²) in [5.74, 6) is 1.85. The van der Waals surface area contributed by atoms with Gasteiger partial charge in [-0.2, -0.15) is 0 Å². The molecule has 1 saturated heterocycles. The summed E-state index contributed by atoms with van der Waals surface area (Å²) in [6.07, 6.45) is 0.716. The lowest BCUT2D eigenvalue weighted by Crippen LogP contribution is -2.43. The predicted molar refractivity (Wildman–Crippen MR) is 91.5 cm³/mol. The Morgan fingerprint density at radius 3 is 2.70 bits per heavy atom. The number of aliphatic hydroxyl groups is 1. The third-order valence-corrected chi connectivity index (χ3v) is 5.03. The van der Waals surface area contributed by atoms with Crippen molar-refractivity contribution >= 4 is 11.6 Å². The van der Waals surface area contributed by atoms with Crippen molar-refractivity contribution in [3.63, 3.8) is 0 Å². The number of aliphatic hydroxyl groups excluding tert-OH is 1. The second-order valence-electron chi connectivity index (χ2n) is 6.48. The van der Waals surface area contributed by atoms with E-state index in [0.717, 1.165) is 30.0 Å². The molecule has 2 heterocycles. The Morgan fingerprint density at radius 1 is 1.35 bits per heavy atom. The van der Waals surface area contributed by atoms with Crippen LogP contribution in [0.4, 0.5) is 0 Å². The number of rotatable bonds is 3. The van der Waals surface area contributed by atoms with Gasteiger partial charge in [0.2, 0.25) is 5.89 Å². The van der Waals surface area contributed by atoms with Crippen LogP contribution in [-0.4, -0.2) is 34.2 Å². The van der Waals surface area contributed by atoms with Crippen molar-refractivity contribution in [2.75, 3.05) is 13.1 Å². The normalized spacial score (nSPS) is 23.9. The van der Waals surface area contributed by atoms with Gasteiger partial charge in [0.05, 0.1) is 17.8 Å². The molecule has 0 saturated carbocycles. The van der Waals surface area contributed by atoms with Gasteiger partial charge in [-0.1, -0.05) is 18.5 Å². The van der Waals surface area contributed by atoms with Crippen molar-refractivity contribution in [3.05, 3.63) is 40.9 Å². The molecule has 3 unspecified atom stereocenters. The van der Waals surface area contributed by atoms with Crippen LogP contribution >= 0.6 is 11.6 Å². The molecule has 1 aliphatic heterocycles. The monoisotopic (exact) mass is 334 g/mol. The SMILES string of the molecule is Cc1nc(C(C)N2CCC(C)C(O)C2)oc1-c1ccc(Cl)cc1. The third kappa shape index (κ3) is 3.44. The number of hydrogen-bond acceptors (Lipinski definition) is 4. The van der Waals surface area contributed by atoms with E-state index in [9.17, 15) is 5.11 Å². The number of piperidine rings is 1. The Balaban J connectivity index is 1.81. The van der Waals surface area contributed by atoms with Gasteiger partial charge in [-0.3, -0.25) is 4.90 Å². The molecule has 23 heavy (non-hydrogen) atoms. The van der Waals surface area contributed by atoms with Crippen LogP contribution in [-0.2, 0) is 0 Å². The number of likely N-dealkylation sites (tertiary alicyclic amines) is 1.